The predicted molar refractivity (Wildman–Crippen MR) is 52.9 cm³/mol. The lowest BCUT2D eigenvalue weighted by atomic mass is 10.1. The standard InChI is InChI=1S/C9H9BrN2/c1-6-3-8(12-5-11)4-7(2)9(6)10/h3-4,12H,1-2H3. The fourth-order valence-electron chi connectivity index (χ4n) is 1.08. The zero-order valence-electron chi connectivity index (χ0n) is 6.98. The normalized spacial score (nSPS) is 9.17. The van der Waals surface area contributed by atoms with Gasteiger partial charge in [-0.25, -0.2) is 0 Å². The Kier molecular flexibility index (Phi) is 2.72. The summed E-state index contributed by atoms with van der Waals surface area (Å²) in [5, 5.41) is 11.0. The van der Waals surface area contributed by atoms with Crippen LogP contribution >= 0.6 is 15.9 Å². The van der Waals surface area contributed by atoms with Crippen LogP contribution in [0.25, 0.3) is 0 Å². The molecule has 0 bridgehead atoms. The van der Waals surface area contributed by atoms with Crippen LogP contribution in [0.3, 0.4) is 0 Å². The summed E-state index contributed by atoms with van der Waals surface area (Å²) >= 11 is 3.45. The topological polar surface area (TPSA) is 35.8 Å². The Morgan fingerprint density at radius 1 is 1.33 bits per heavy atom. The summed E-state index contributed by atoms with van der Waals surface area (Å²) in [6, 6.07) is 3.86. The van der Waals surface area contributed by atoms with Crippen molar-refractivity contribution >= 4 is 21.6 Å². The van der Waals surface area contributed by atoms with E-state index in [9.17, 15) is 0 Å². The summed E-state index contributed by atoms with van der Waals surface area (Å²) in [6.07, 6.45) is 1.89. The Hall–Kier alpha value is -1.01. The SMILES string of the molecule is Cc1cc(NC#N)cc(C)c1Br. The second kappa shape index (κ2) is 3.59. The van der Waals surface area contributed by atoms with Crippen molar-refractivity contribution in [2.24, 2.45) is 0 Å². The first-order chi connectivity index (χ1) is 5.65. The van der Waals surface area contributed by atoms with Crippen LogP contribution < -0.4 is 5.32 Å². The fraction of sp³-hybridized carbons (Fsp3) is 0.222. The van der Waals surface area contributed by atoms with E-state index in [1.165, 1.54) is 0 Å². The lowest BCUT2D eigenvalue weighted by Crippen LogP contribution is -1.90. The van der Waals surface area contributed by atoms with Gasteiger partial charge in [-0.2, -0.15) is 5.26 Å². The molecule has 3 heteroatoms. The molecule has 0 saturated heterocycles. The van der Waals surface area contributed by atoms with Crippen LogP contribution in [-0.4, -0.2) is 0 Å². The third kappa shape index (κ3) is 1.77. The molecule has 0 spiro atoms. The average Bonchev–Trinajstić information content (AvgIpc) is 2.01. The van der Waals surface area contributed by atoms with E-state index in [2.05, 4.69) is 21.2 Å². The molecule has 1 N–H and O–H groups in total. The summed E-state index contributed by atoms with van der Waals surface area (Å²) < 4.78 is 1.10. The maximum absolute atomic E-state index is 8.40. The molecule has 1 aromatic carbocycles. The number of halogens is 1. The predicted octanol–water partition coefficient (Wildman–Crippen LogP) is 2.96. The highest BCUT2D eigenvalue weighted by molar-refractivity contribution is 9.10. The van der Waals surface area contributed by atoms with E-state index in [4.69, 9.17) is 5.26 Å². The second-order valence-corrected chi connectivity index (χ2v) is 3.45. The minimum atomic E-state index is 0.843. The van der Waals surface area contributed by atoms with Gasteiger partial charge in [0.25, 0.3) is 0 Å². The highest BCUT2D eigenvalue weighted by atomic mass is 79.9. The molecule has 0 aliphatic rings. The summed E-state index contributed by atoms with van der Waals surface area (Å²) in [4.78, 5) is 0. The molecule has 1 aromatic rings. The number of hydrogen-bond acceptors (Lipinski definition) is 2. The third-order valence-corrected chi connectivity index (χ3v) is 2.89. The van der Waals surface area contributed by atoms with Crippen molar-refractivity contribution < 1.29 is 0 Å². The first-order valence-corrected chi connectivity index (χ1v) is 4.36. The Balaban J connectivity index is 3.14. The number of benzene rings is 1. The number of aryl methyl sites for hydroxylation is 2. The minimum Gasteiger partial charge on any atom is -0.293 e. The molecule has 0 aromatic heterocycles. The van der Waals surface area contributed by atoms with Crippen molar-refractivity contribution in [3.8, 4) is 6.19 Å². The number of hydrogen-bond donors (Lipinski definition) is 1. The zero-order chi connectivity index (χ0) is 9.14. The number of rotatable bonds is 1. The molecule has 0 heterocycles. The van der Waals surface area contributed by atoms with Crippen molar-refractivity contribution in [3.63, 3.8) is 0 Å². The molecular formula is C9H9BrN2. The van der Waals surface area contributed by atoms with E-state index in [1.807, 2.05) is 32.2 Å². The van der Waals surface area contributed by atoms with Crippen LogP contribution in [0.15, 0.2) is 16.6 Å². The third-order valence-electron chi connectivity index (χ3n) is 1.64. The highest BCUT2D eigenvalue weighted by Gasteiger charge is 2.00. The molecule has 12 heavy (non-hydrogen) atoms. The molecular weight excluding hydrogens is 216 g/mol. The Bertz CT molecular complexity index is 316. The van der Waals surface area contributed by atoms with Gasteiger partial charge in [-0.3, -0.25) is 5.32 Å². The van der Waals surface area contributed by atoms with Gasteiger partial charge in [0.2, 0.25) is 0 Å². The lowest BCUT2D eigenvalue weighted by molar-refractivity contribution is 1.33. The summed E-state index contributed by atoms with van der Waals surface area (Å²) in [7, 11) is 0. The van der Waals surface area contributed by atoms with E-state index in [0.29, 0.717) is 0 Å². The van der Waals surface area contributed by atoms with Gasteiger partial charge in [0.1, 0.15) is 0 Å². The molecule has 1 rings (SSSR count). The Morgan fingerprint density at radius 2 is 1.83 bits per heavy atom. The molecule has 0 aliphatic carbocycles. The lowest BCUT2D eigenvalue weighted by Gasteiger charge is -2.05. The van der Waals surface area contributed by atoms with E-state index >= 15 is 0 Å². The molecule has 0 fully saturated rings. The first kappa shape index (κ1) is 9.08. The summed E-state index contributed by atoms with van der Waals surface area (Å²) in [6.45, 7) is 4.00. The Labute approximate surface area is 80.3 Å². The Morgan fingerprint density at radius 3 is 2.25 bits per heavy atom. The minimum absolute atomic E-state index is 0.843. The van der Waals surface area contributed by atoms with Crippen molar-refractivity contribution in [1.29, 1.82) is 5.26 Å². The summed E-state index contributed by atoms with van der Waals surface area (Å²) in [5.74, 6) is 0. The fourth-order valence-corrected chi connectivity index (χ4v) is 1.31. The molecule has 0 atom stereocenters. The molecule has 62 valence electrons. The largest absolute Gasteiger partial charge is 0.293 e. The second-order valence-electron chi connectivity index (χ2n) is 2.66. The molecule has 0 amide bonds. The monoisotopic (exact) mass is 224 g/mol. The van der Waals surface area contributed by atoms with E-state index in [-0.39, 0.29) is 0 Å². The van der Waals surface area contributed by atoms with Crippen LogP contribution in [0.4, 0.5) is 5.69 Å². The van der Waals surface area contributed by atoms with Crippen molar-refractivity contribution in [1.82, 2.24) is 0 Å². The van der Waals surface area contributed by atoms with Crippen LogP contribution in [-0.2, 0) is 0 Å². The average molecular weight is 225 g/mol. The summed E-state index contributed by atoms with van der Waals surface area (Å²) in [5.41, 5.74) is 3.11. The maximum Gasteiger partial charge on any atom is 0.181 e. The molecule has 0 saturated carbocycles. The van der Waals surface area contributed by atoms with Crippen molar-refractivity contribution in [3.05, 3.63) is 27.7 Å². The van der Waals surface area contributed by atoms with E-state index < -0.39 is 0 Å². The quantitative estimate of drug-likeness (QED) is 0.589. The van der Waals surface area contributed by atoms with Gasteiger partial charge in [-0.15, -0.1) is 0 Å². The van der Waals surface area contributed by atoms with Gasteiger partial charge in [-0.1, -0.05) is 15.9 Å². The number of nitriles is 1. The van der Waals surface area contributed by atoms with Gasteiger partial charge < -0.3 is 0 Å². The van der Waals surface area contributed by atoms with Crippen LogP contribution in [0.1, 0.15) is 11.1 Å². The smallest absolute Gasteiger partial charge is 0.181 e. The highest BCUT2D eigenvalue weighted by Crippen LogP contribution is 2.24. The van der Waals surface area contributed by atoms with Crippen molar-refractivity contribution in [2.75, 3.05) is 5.32 Å². The molecule has 0 aliphatic heterocycles. The van der Waals surface area contributed by atoms with Gasteiger partial charge in [0.15, 0.2) is 6.19 Å². The van der Waals surface area contributed by atoms with Gasteiger partial charge in [-0.05, 0) is 37.1 Å². The van der Waals surface area contributed by atoms with E-state index in [1.54, 1.807) is 0 Å². The van der Waals surface area contributed by atoms with Crippen molar-refractivity contribution in [2.45, 2.75) is 13.8 Å². The number of nitrogens with one attached hydrogen (secondary N) is 1. The van der Waals surface area contributed by atoms with Crippen LogP contribution in [0.2, 0.25) is 0 Å². The van der Waals surface area contributed by atoms with Crippen LogP contribution in [0.5, 0.6) is 0 Å². The van der Waals surface area contributed by atoms with Gasteiger partial charge >= 0.3 is 0 Å². The van der Waals surface area contributed by atoms with Gasteiger partial charge in [0.05, 0.1) is 0 Å². The van der Waals surface area contributed by atoms with E-state index in [0.717, 1.165) is 21.3 Å². The van der Waals surface area contributed by atoms with Gasteiger partial charge in [0, 0.05) is 10.2 Å². The molecule has 0 unspecified atom stereocenters. The number of nitrogens with zero attached hydrogens (tertiary/aromatic N) is 1. The maximum atomic E-state index is 8.40. The molecule has 2 nitrogen and oxygen atoms in total. The van der Waals surface area contributed by atoms with Crippen LogP contribution in [0, 0.1) is 25.3 Å². The number of anilines is 1. The molecule has 0 radical (unpaired) electrons. The first-order valence-electron chi connectivity index (χ1n) is 3.57. The zero-order valence-corrected chi connectivity index (χ0v) is 8.57.